The molecule has 0 heterocycles. The fourth-order valence-electron chi connectivity index (χ4n) is 2.76. The van der Waals surface area contributed by atoms with Gasteiger partial charge in [0, 0.05) is 18.3 Å². The lowest BCUT2D eigenvalue weighted by atomic mass is 10.1. The van der Waals surface area contributed by atoms with Crippen LogP contribution >= 0.6 is 11.6 Å². The number of carbonyl (C=O) groups excluding carboxylic acids is 1. The molecule has 1 saturated carbocycles. The fourth-order valence-corrected chi connectivity index (χ4v) is 3.13. The maximum absolute atomic E-state index is 11.8. The Balaban J connectivity index is 2.03. The van der Waals surface area contributed by atoms with Crippen LogP contribution in [0.25, 0.3) is 0 Å². The van der Waals surface area contributed by atoms with Crippen molar-refractivity contribution in [3.8, 4) is 0 Å². The summed E-state index contributed by atoms with van der Waals surface area (Å²) in [6, 6.07) is 0.343. The molecule has 0 aliphatic heterocycles. The SMILES string of the molecule is CCCCCCCCC(=O)NC1CCCC1CCl. The van der Waals surface area contributed by atoms with Crippen LogP contribution in [0.3, 0.4) is 0 Å². The number of hydrogen-bond acceptors (Lipinski definition) is 1. The van der Waals surface area contributed by atoms with Gasteiger partial charge in [-0.15, -0.1) is 11.6 Å². The van der Waals surface area contributed by atoms with E-state index in [1.54, 1.807) is 0 Å². The van der Waals surface area contributed by atoms with Gasteiger partial charge < -0.3 is 5.32 Å². The average molecular weight is 274 g/mol. The summed E-state index contributed by atoms with van der Waals surface area (Å²) in [5, 5.41) is 3.16. The highest BCUT2D eigenvalue weighted by atomic mass is 35.5. The van der Waals surface area contributed by atoms with Crippen molar-refractivity contribution >= 4 is 17.5 Å². The molecule has 0 aromatic rings. The Morgan fingerprint density at radius 2 is 1.89 bits per heavy atom. The third kappa shape index (κ3) is 6.08. The number of halogens is 1. The zero-order chi connectivity index (χ0) is 13.2. The van der Waals surface area contributed by atoms with Crippen molar-refractivity contribution in [1.29, 1.82) is 0 Å². The quantitative estimate of drug-likeness (QED) is 0.494. The molecular formula is C15H28ClNO. The molecule has 2 nitrogen and oxygen atoms in total. The maximum Gasteiger partial charge on any atom is 0.220 e. The summed E-state index contributed by atoms with van der Waals surface area (Å²) < 4.78 is 0. The number of unbranched alkanes of at least 4 members (excludes halogenated alkanes) is 5. The molecule has 2 unspecified atom stereocenters. The molecule has 0 spiro atoms. The van der Waals surface area contributed by atoms with Gasteiger partial charge in [-0.1, -0.05) is 45.4 Å². The molecule has 1 N–H and O–H groups in total. The summed E-state index contributed by atoms with van der Waals surface area (Å²) in [5.41, 5.74) is 0. The molecule has 1 aliphatic rings. The second kappa shape index (κ2) is 9.66. The lowest BCUT2D eigenvalue weighted by Crippen LogP contribution is -2.37. The van der Waals surface area contributed by atoms with Crippen molar-refractivity contribution in [2.75, 3.05) is 5.88 Å². The van der Waals surface area contributed by atoms with Gasteiger partial charge in [-0.25, -0.2) is 0 Å². The third-order valence-electron chi connectivity index (χ3n) is 3.96. The van der Waals surface area contributed by atoms with Crippen LogP contribution in [0.4, 0.5) is 0 Å². The van der Waals surface area contributed by atoms with Crippen LogP contribution in [-0.4, -0.2) is 17.8 Å². The number of carbonyl (C=O) groups is 1. The van der Waals surface area contributed by atoms with Crippen LogP contribution < -0.4 is 5.32 Å². The van der Waals surface area contributed by atoms with Crippen LogP contribution in [0, 0.1) is 5.92 Å². The van der Waals surface area contributed by atoms with Gasteiger partial charge in [0.25, 0.3) is 0 Å². The van der Waals surface area contributed by atoms with Gasteiger partial charge in [-0.05, 0) is 25.2 Å². The van der Waals surface area contributed by atoms with Crippen molar-refractivity contribution in [3.05, 3.63) is 0 Å². The molecule has 3 heteroatoms. The number of hydrogen-bond donors (Lipinski definition) is 1. The summed E-state index contributed by atoms with van der Waals surface area (Å²) >= 11 is 5.91. The predicted molar refractivity (Wildman–Crippen MR) is 78.0 cm³/mol. The normalized spacial score (nSPS) is 23.2. The largest absolute Gasteiger partial charge is 0.353 e. The van der Waals surface area contributed by atoms with E-state index in [9.17, 15) is 4.79 Å². The van der Waals surface area contributed by atoms with Crippen molar-refractivity contribution in [2.24, 2.45) is 5.92 Å². The van der Waals surface area contributed by atoms with E-state index in [0.717, 1.165) is 12.8 Å². The molecule has 0 aromatic carbocycles. The molecule has 0 bridgehead atoms. The van der Waals surface area contributed by atoms with E-state index < -0.39 is 0 Å². The Labute approximate surface area is 117 Å². The number of amides is 1. The van der Waals surface area contributed by atoms with Crippen LogP contribution in [0.15, 0.2) is 0 Å². The summed E-state index contributed by atoms with van der Waals surface area (Å²) in [7, 11) is 0. The van der Waals surface area contributed by atoms with Gasteiger partial charge in [-0.2, -0.15) is 0 Å². The van der Waals surface area contributed by atoms with Crippen LogP contribution in [0.5, 0.6) is 0 Å². The van der Waals surface area contributed by atoms with Gasteiger partial charge in [0.15, 0.2) is 0 Å². The molecule has 1 rings (SSSR count). The van der Waals surface area contributed by atoms with Crippen molar-refractivity contribution < 1.29 is 4.79 Å². The number of nitrogens with one attached hydrogen (secondary N) is 1. The fraction of sp³-hybridized carbons (Fsp3) is 0.933. The van der Waals surface area contributed by atoms with Gasteiger partial charge in [-0.3, -0.25) is 4.79 Å². The molecule has 2 atom stereocenters. The summed E-state index contributed by atoms with van der Waals surface area (Å²) in [6.07, 6.45) is 11.6. The van der Waals surface area contributed by atoms with E-state index in [4.69, 9.17) is 11.6 Å². The summed E-state index contributed by atoms with van der Waals surface area (Å²) in [6.45, 7) is 2.22. The minimum absolute atomic E-state index is 0.229. The van der Waals surface area contributed by atoms with Gasteiger partial charge in [0.05, 0.1) is 0 Å². The zero-order valence-electron chi connectivity index (χ0n) is 11.7. The van der Waals surface area contributed by atoms with E-state index in [1.807, 2.05) is 0 Å². The molecule has 1 aliphatic carbocycles. The molecule has 106 valence electrons. The predicted octanol–water partition coefficient (Wildman–Crippen LogP) is 4.26. The van der Waals surface area contributed by atoms with Crippen molar-refractivity contribution in [1.82, 2.24) is 5.32 Å². The van der Waals surface area contributed by atoms with Gasteiger partial charge >= 0.3 is 0 Å². The first-order chi connectivity index (χ1) is 8.77. The number of rotatable bonds is 9. The highest BCUT2D eigenvalue weighted by molar-refractivity contribution is 6.18. The Morgan fingerprint density at radius 1 is 1.17 bits per heavy atom. The Bertz CT molecular complexity index is 233. The van der Waals surface area contributed by atoms with Crippen LogP contribution in [-0.2, 0) is 4.79 Å². The van der Waals surface area contributed by atoms with E-state index in [0.29, 0.717) is 24.3 Å². The van der Waals surface area contributed by atoms with E-state index in [1.165, 1.54) is 44.9 Å². The highest BCUT2D eigenvalue weighted by Gasteiger charge is 2.27. The monoisotopic (exact) mass is 273 g/mol. The third-order valence-corrected chi connectivity index (χ3v) is 4.36. The summed E-state index contributed by atoms with van der Waals surface area (Å²) in [4.78, 5) is 11.8. The smallest absolute Gasteiger partial charge is 0.220 e. The lowest BCUT2D eigenvalue weighted by Gasteiger charge is -2.18. The molecule has 0 saturated heterocycles. The molecule has 1 fully saturated rings. The van der Waals surface area contributed by atoms with Crippen molar-refractivity contribution in [3.63, 3.8) is 0 Å². The average Bonchev–Trinajstić information content (AvgIpc) is 2.80. The standard InChI is InChI=1S/C15H28ClNO/c1-2-3-4-5-6-7-11-15(18)17-14-10-8-9-13(14)12-16/h13-14H,2-12H2,1H3,(H,17,18). The first-order valence-corrected chi connectivity index (χ1v) is 8.16. The molecular weight excluding hydrogens is 246 g/mol. The molecule has 0 radical (unpaired) electrons. The van der Waals surface area contributed by atoms with Crippen LogP contribution in [0.1, 0.15) is 71.1 Å². The Kier molecular flexibility index (Phi) is 8.49. The second-order valence-corrected chi connectivity index (χ2v) is 5.85. The summed E-state index contributed by atoms with van der Waals surface area (Å²) in [5.74, 6) is 1.41. The lowest BCUT2D eigenvalue weighted by molar-refractivity contribution is -0.122. The van der Waals surface area contributed by atoms with E-state index in [2.05, 4.69) is 12.2 Å². The molecule has 18 heavy (non-hydrogen) atoms. The first kappa shape index (κ1) is 15.8. The minimum Gasteiger partial charge on any atom is -0.353 e. The highest BCUT2D eigenvalue weighted by Crippen LogP contribution is 2.26. The topological polar surface area (TPSA) is 29.1 Å². The van der Waals surface area contributed by atoms with E-state index in [-0.39, 0.29) is 5.91 Å². The second-order valence-electron chi connectivity index (χ2n) is 5.54. The van der Waals surface area contributed by atoms with Crippen molar-refractivity contribution in [2.45, 2.75) is 77.2 Å². The molecule has 1 amide bonds. The van der Waals surface area contributed by atoms with Gasteiger partial charge in [0.2, 0.25) is 5.91 Å². The minimum atomic E-state index is 0.229. The molecule has 0 aromatic heterocycles. The number of alkyl halides is 1. The van der Waals surface area contributed by atoms with Gasteiger partial charge in [0.1, 0.15) is 0 Å². The zero-order valence-corrected chi connectivity index (χ0v) is 12.5. The van der Waals surface area contributed by atoms with E-state index >= 15 is 0 Å². The maximum atomic E-state index is 11.8. The van der Waals surface area contributed by atoms with Crippen LogP contribution in [0.2, 0.25) is 0 Å². The Hall–Kier alpha value is -0.240. The Morgan fingerprint density at radius 3 is 2.61 bits per heavy atom. The first-order valence-electron chi connectivity index (χ1n) is 7.63.